The summed E-state index contributed by atoms with van der Waals surface area (Å²) in [6, 6.07) is 7.19. The third kappa shape index (κ3) is 2.50. The van der Waals surface area contributed by atoms with Crippen molar-refractivity contribution in [2.24, 2.45) is 5.73 Å². The number of hydrogen-bond acceptors (Lipinski definition) is 3. The summed E-state index contributed by atoms with van der Waals surface area (Å²) in [5.41, 5.74) is 6.77. The molecule has 0 amide bonds. The van der Waals surface area contributed by atoms with E-state index in [9.17, 15) is 14.0 Å². The molecule has 2 aromatic rings. The highest BCUT2D eigenvalue weighted by Gasteiger charge is 2.14. The molecule has 3 nitrogen and oxygen atoms in total. The number of aromatic nitrogens is 1. The van der Waals surface area contributed by atoms with Crippen LogP contribution < -0.4 is 5.73 Å². The minimum Gasteiger partial charge on any atom is -0.397 e. The minimum atomic E-state index is -0.799. The molecular formula is C15H11F2N3. The van der Waals surface area contributed by atoms with Crippen molar-refractivity contribution in [3.8, 4) is 6.07 Å². The van der Waals surface area contributed by atoms with E-state index in [1.54, 1.807) is 12.1 Å². The largest absolute Gasteiger partial charge is 0.397 e. The number of aryl methyl sites for hydroxylation is 1. The Hall–Kier alpha value is -2.74. The summed E-state index contributed by atoms with van der Waals surface area (Å²) in [6.45, 7) is 1.50. The molecule has 0 bridgehead atoms. The van der Waals surface area contributed by atoms with E-state index in [0.29, 0.717) is 5.56 Å². The van der Waals surface area contributed by atoms with E-state index in [-0.39, 0.29) is 22.4 Å². The van der Waals surface area contributed by atoms with Gasteiger partial charge >= 0.3 is 0 Å². The van der Waals surface area contributed by atoms with Gasteiger partial charge in [0.05, 0.1) is 11.3 Å². The van der Waals surface area contributed by atoms with Gasteiger partial charge < -0.3 is 5.73 Å². The smallest absolute Gasteiger partial charge is 0.135 e. The summed E-state index contributed by atoms with van der Waals surface area (Å²) in [7, 11) is 0. The Kier molecular flexibility index (Phi) is 3.76. The Morgan fingerprint density at radius 1 is 1.20 bits per heavy atom. The monoisotopic (exact) mass is 271 g/mol. The average molecular weight is 271 g/mol. The van der Waals surface area contributed by atoms with Crippen LogP contribution in [0.1, 0.15) is 16.7 Å². The number of nitrogens with two attached hydrogens (primary N) is 1. The van der Waals surface area contributed by atoms with Crippen LogP contribution in [0.25, 0.3) is 11.3 Å². The molecule has 20 heavy (non-hydrogen) atoms. The molecule has 100 valence electrons. The first kappa shape index (κ1) is 13.7. The second-order valence-electron chi connectivity index (χ2n) is 4.22. The van der Waals surface area contributed by atoms with Crippen LogP contribution in [0, 0.1) is 29.9 Å². The van der Waals surface area contributed by atoms with Crippen molar-refractivity contribution in [3.05, 3.63) is 65.0 Å². The molecule has 5 heteroatoms. The van der Waals surface area contributed by atoms with Crippen molar-refractivity contribution >= 4 is 11.3 Å². The first-order valence-electron chi connectivity index (χ1n) is 5.81. The Bertz CT molecular complexity index is 716. The Balaban J connectivity index is 2.64. The van der Waals surface area contributed by atoms with Gasteiger partial charge in [0.25, 0.3) is 0 Å². The summed E-state index contributed by atoms with van der Waals surface area (Å²) < 4.78 is 27.1. The van der Waals surface area contributed by atoms with Crippen LogP contribution in [0.15, 0.2) is 36.7 Å². The third-order valence-corrected chi connectivity index (χ3v) is 2.89. The summed E-state index contributed by atoms with van der Waals surface area (Å²) in [5.74, 6) is -1.45. The molecule has 1 heterocycles. The lowest BCUT2D eigenvalue weighted by atomic mass is 10.00. The molecule has 0 atom stereocenters. The Labute approximate surface area is 115 Å². The summed E-state index contributed by atoms with van der Waals surface area (Å²) in [5, 5.41) is 9.22. The van der Waals surface area contributed by atoms with Crippen LogP contribution in [0.3, 0.4) is 0 Å². The maximum Gasteiger partial charge on any atom is 0.135 e. The molecule has 2 N–H and O–H groups in total. The third-order valence-electron chi connectivity index (χ3n) is 2.89. The fraction of sp³-hybridized carbons (Fsp3) is 0.0667. The summed E-state index contributed by atoms with van der Waals surface area (Å²) in [4.78, 5) is 3.84. The summed E-state index contributed by atoms with van der Waals surface area (Å²) >= 11 is 0. The van der Waals surface area contributed by atoms with E-state index in [0.717, 1.165) is 6.07 Å². The Morgan fingerprint density at radius 3 is 2.45 bits per heavy atom. The van der Waals surface area contributed by atoms with E-state index in [4.69, 9.17) is 5.73 Å². The van der Waals surface area contributed by atoms with Crippen LogP contribution in [0.2, 0.25) is 0 Å². The number of rotatable bonds is 2. The molecule has 0 fully saturated rings. The molecule has 0 aliphatic rings. The maximum absolute atomic E-state index is 13.8. The van der Waals surface area contributed by atoms with Gasteiger partial charge in [-0.05, 0) is 36.2 Å². The van der Waals surface area contributed by atoms with Crippen molar-refractivity contribution in [1.82, 2.24) is 4.98 Å². The van der Waals surface area contributed by atoms with Gasteiger partial charge in [-0.1, -0.05) is 0 Å². The molecule has 0 aliphatic carbocycles. The zero-order chi connectivity index (χ0) is 14.7. The van der Waals surface area contributed by atoms with E-state index >= 15 is 0 Å². The lowest BCUT2D eigenvalue weighted by molar-refractivity contribution is 0.575. The number of allylic oxidation sites excluding steroid dienone is 1. The van der Waals surface area contributed by atoms with Crippen LogP contribution in [0.5, 0.6) is 0 Å². The molecule has 0 spiro atoms. The fourth-order valence-corrected chi connectivity index (χ4v) is 1.80. The predicted molar refractivity (Wildman–Crippen MR) is 71.9 cm³/mol. The summed E-state index contributed by atoms with van der Waals surface area (Å²) in [6.07, 6.45) is 3.01. The molecule has 0 saturated heterocycles. The van der Waals surface area contributed by atoms with Gasteiger partial charge in [0.15, 0.2) is 0 Å². The molecule has 0 saturated carbocycles. The van der Waals surface area contributed by atoms with E-state index < -0.39 is 11.6 Å². The van der Waals surface area contributed by atoms with Crippen molar-refractivity contribution < 1.29 is 8.78 Å². The van der Waals surface area contributed by atoms with Gasteiger partial charge in [-0.2, -0.15) is 5.26 Å². The average Bonchev–Trinajstić information content (AvgIpc) is 2.44. The number of benzene rings is 1. The van der Waals surface area contributed by atoms with E-state index in [2.05, 4.69) is 4.98 Å². The minimum absolute atomic E-state index is 0.0114. The predicted octanol–water partition coefficient (Wildman–Crippen LogP) is 3.02. The highest BCUT2D eigenvalue weighted by molar-refractivity contribution is 5.96. The highest BCUT2D eigenvalue weighted by Crippen LogP contribution is 2.25. The number of halogens is 2. The van der Waals surface area contributed by atoms with Gasteiger partial charge in [-0.15, -0.1) is 0 Å². The van der Waals surface area contributed by atoms with E-state index in [1.165, 1.54) is 25.4 Å². The van der Waals surface area contributed by atoms with Gasteiger partial charge in [0, 0.05) is 24.0 Å². The first-order valence-corrected chi connectivity index (χ1v) is 5.81. The number of nitriles is 1. The molecule has 1 aromatic heterocycles. The van der Waals surface area contributed by atoms with Crippen molar-refractivity contribution in [2.45, 2.75) is 6.92 Å². The van der Waals surface area contributed by atoms with Gasteiger partial charge in [-0.25, -0.2) is 8.78 Å². The van der Waals surface area contributed by atoms with E-state index in [1.807, 2.05) is 6.07 Å². The molecule has 0 radical (unpaired) electrons. The van der Waals surface area contributed by atoms with Crippen LogP contribution in [0.4, 0.5) is 8.78 Å². The zero-order valence-electron chi connectivity index (χ0n) is 10.7. The van der Waals surface area contributed by atoms with Gasteiger partial charge in [-0.3, -0.25) is 4.98 Å². The molecule has 0 aliphatic heterocycles. The second-order valence-corrected chi connectivity index (χ2v) is 4.22. The fourth-order valence-electron chi connectivity index (χ4n) is 1.80. The molecule has 2 rings (SSSR count). The maximum atomic E-state index is 13.8. The van der Waals surface area contributed by atoms with Crippen LogP contribution >= 0.6 is 0 Å². The molecular weight excluding hydrogens is 260 g/mol. The zero-order valence-corrected chi connectivity index (χ0v) is 10.7. The normalized spacial score (nSPS) is 11.7. The topological polar surface area (TPSA) is 62.7 Å². The Morgan fingerprint density at radius 2 is 1.85 bits per heavy atom. The van der Waals surface area contributed by atoms with Gasteiger partial charge in [0.2, 0.25) is 0 Å². The van der Waals surface area contributed by atoms with Crippen molar-refractivity contribution in [3.63, 3.8) is 0 Å². The second kappa shape index (κ2) is 5.49. The highest BCUT2D eigenvalue weighted by atomic mass is 19.1. The molecule has 0 unspecified atom stereocenters. The number of nitrogens with zero attached hydrogens (tertiary/aromatic N) is 2. The standard InChI is InChI=1S/C15H11F2N3/c1-9-6-11(14(17)7-13(9)16)15(19)12(8-18)10-2-4-20-5-3-10/h2-7H,19H2,1H3/b15-12+. The number of pyridine rings is 1. The van der Waals surface area contributed by atoms with Crippen LogP contribution in [-0.4, -0.2) is 4.98 Å². The first-order chi connectivity index (χ1) is 9.54. The molecule has 1 aromatic carbocycles. The lowest BCUT2D eigenvalue weighted by Crippen LogP contribution is -2.04. The van der Waals surface area contributed by atoms with Gasteiger partial charge in [0.1, 0.15) is 17.7 Å². The van der Waals surface area contributed by atoms with Crippen LogP contribution in [-0.2, 0) is 0 Å². The van der Waals surface area contributed by atoms with Crippen molar-refractivity contribution in [2.75, 3.05) is 0 Å². The SMILES string of the molecule is Cc1cc(/C(N)=C(/C#N)c2ccncc2)c(F)cc1F. The number of hydrogen-bond donors (Lipinski definition) is 1. The van der Waals surface area contributed by atoms with Crippen molar-refractivity contribution in [1.29, 1.82) is 5.26 Å². The lowest BCUT2D eigenvalue weighted by Gasteiger charge is -2.09. The quantitative estimate of drug-likeness (QED) is 0.854.